The van der Waals surface area contributed by atoms with Gasteiger partial charge in [-0.1, -0.05) is 12.1 Å². The Bertz CT molecular complexity index is 851. The van der Waals surface area contributed by atoms with E-state index in [0.29, 0.717) is 0 Å². The van der Waals surface area contributed by atoms with Crippen LogP contribution in [-0.4, -0.2) is 27.4 Å². The molecule has 2 amide bonds. The number of hydrogen-bond donors (Lipinski definition) is 1. The van der Waals surface area contributed by atoms with Gasteiger partial charge in [-0.15, -0.1) is 11.3 Å². The first kappa shape index (κ1) is 15.8. The van der Waals surface area contributed by atoms with E-state index < -0.39 is 0 Å². The van der Waals surface area contributed by atoms with Gasteiger partial charge in [0.25, 0.3) is 0 Å². The third-order valence-corrected chi connectivity index (χ3v) is 5.22. The lowest BCUT2D eigenvalue weighted by atomic mass is 10.1. The molecule has 1 aromatic carbocycles. The maximum absolute atomic E-state index is 12.8. The van der Waals surface area contributed by atoms with Gasteiger partial charge in [-0.25, -0.2) is 9.78 Å². The van der Waals surface area contributed by atoms with Crippen LogP contribution in [0.25, 0.3) is 10.6 Å². The number of urea groups is 1. The van der Waals surface area contributed by atoms with Gasteiger partial charge < -0.3 is 10.2 Å². The van der Waals surface area contributed by atoms with Crippen molar-refractivity contribution in [3.05, 3.63) is 65.9 Å². The van der Waals surface area contributed by atoms with Gasteiger partial charge >= 0.3 is 6.03 Å². The summed E-state index contributed by atoms with van der Waals surface area (Å²) in [6.45, 7) is 0.769. The second-order valence-corrected chi connectivity index (χ2v) is 6.87. The number of carbonyl (C=O) groups excluding carboxylic acids is 1. The molecule has 1 N–H and O–H groups in total. The van der Waals surface area contributed by atoms with E-state index in [-0.39, 0.29) is 12.1 Å². The van der Waals surface area contributed by atoms with Crippen LogP contribution in [0.4, 0.5) is 10.5 Å². The van der Waals surface area contributed by atoms with Gasteiger partial charge in [0.05, 0.1) is 6.04 Å². The number of carbonyl (C=O) groups is 1. The molecule has 0 saturated carbocycles. The quantitative estimate of drug-likeness (QED) is 0.752. The van der Waals surface area contributed by atoms with Crippen LogP contribution in [0.3, 0.4) is 0 Å². The van der Waals surface area contributed by atoms with Crippen LogP contribution in [0.15, 0.2) is 60.4 Å². The Morgan fingerprint density at radius 3 is 2.88 bits per heavy atom. The third kappa shape index (κ3) is 3.39. The highest BCUT2D eigenvalue weighted by Crippen LogP contribution is 2.32. The summed E-state index contributed by atoms with van der Waals surface area (Å²) in [6, 6.07) is 11.8. The number of benzene rings is 1. The fourth-order valence-corrected chi connectivity index (χ4v) is 3.87. The van der Waals surface area contributed by atoms with Crippen molar-refractivity contribution in [1.82, 2.24) is 14.9 Å². The van der Waals surface area contributed by atoms with E-state index in [1.807, 2.05) is 46.7 Å². The molecule has 0 radical (unpaired) electrons. The zero-order valence-corrected chi connectivity index (χ0v) is 14.4. The standard InChI is InChI=1S/C19H18N4OS/c24-19(23-11-2-5-17(23)14-6-8-20-9-7-14)22-16-4-1-3-15(13-16)18-21-10-12-25-18/h1,3-4,6-10,12-13,17H,2,5,11H2,(H,22,24). The molecular weight excluding hydrogens is 332 g/mol. The summed E-state index contributed by atoms with van der Waals surface area (Å²) in [7, 11) is 0. The van der Waals surface area contributed by atoms with Gasteiger partial charge in [0, 0.05) is 41.8 Å². The lowest BCUT2D eigenvalue weighted by Gasteiger charge is -2.25. The monoisotopic (exact) mass is 350 g/mol. The Kier molecular flexibility index (Phi) is 4.43. The molecular formula is C19H18N4OS. The van der Waals surface area contributed by atoms with Gasteiger partial charge in [-0.3, -0.25) is 4.98 Å². The van der Waals surface area contributed by atoms with E-state index in [0.717, 1.165) is 41.2 Å². The molecule has 1 unspecified atom stereocenters. The average Bonchev–Trinajstić information content (AvgIpc) is 3.34. The molecule has 1 aliphatic heterocycles. The highest BCUT2D eigenvalue weighted by atomic mass is 32.1. The SMILES string of the molecule is O=C(Nc1cccc(-c2nccs2)c1)N1CCCC1c1ccncc1. The Labute approximate surface area is 150 Å². The maximum Gasteiger partial charge on any atom is 0.322 e. The van der Waals surface area contributed by atoms with Crippen molar-refractivity contribution in [3.63, 3.8) is 0 Å². The summed E-state index contributed by atoms with van der Waals surface area (Å²) >= 11 is 1.59. The summed E-state index contributed by atoms with van der Waals surface area (Å²) < 4.78 is 0. The highest BCUT2D eigenvalue weighted by Gasteiger charge is 2.29. The van der Waals surface area contributed by atoms with Crippen LogP contribution < -0.4 is 5.32 Å². The van der Waals surface area contributed by atoms with Crippen LogP contribution in [0.1, 0.15) is 24.4 Å². The van der Waals surface area contributed by atoms with Crippen LogP contribution in [0.2, 0.25) is 0 Å². The molecule has 0 spiro atoms. The van der Waals surface area contributed by atoms with Crippen LogP contribution in [-0.2, 0) is 0 Å². The average molecular weight is 350 g/mol. The first-order valence-electron chi connectivity index (χ1n) is 8.29. The minimum atomic E-state index is -0.0596. The number of nitrogens with zero attached hydrogens (tertiary/aromatic N) is 3. The van der Waals surface area contributed by atoms with E-state index in [1.54, 1.807) is 29.9 Å². The van der Waals surface area contributed by atoms with Gasteiger partial charge in [0.15, 0.2) is 0 Å². The number of pyridine rings is 1. The summed E-state index contributed by atoms with van der Waals surface area (Å²) in [5.41, 5.74) is 2.94. The molecule has 1 fully saturated rings. The Balaban J connectivity index is 1.51. The number of aromatic nitrogens is 2. The predicted molar refractivity (Wildman–Crippen MR) is 99.5 cm³/mol. The smallest absolute Gasteiger partial charge is 0.317 e. The third-order valence-electron chi connectivity index (χ3n) is 4.40. The second kappa shape index (κ2) is 7.03. The van der Waals surface area contributed by atoms with E-state index in [9.17, 15) is 4.79 Å². The van der Waals surface area contributed by atoms with E-state index in [2.05, 4.69) is 15.3 Å². The van der Waals surface area contributed by atoms with Crippen molar-refractivity contribution >= 4 is 23.1 Å². The molecule has 25 heavy (non-hydrogen) atoms. The molecule has 0 bridgehead atoms. The first-order chi connectivity index (χ1) is 12.3. The Morgan fingerprint density at radius 2 is 2.08 bits per heavy atom. The lowest BCUT2D eigenvalue weighted by Crippen LogP contribution is -2.34. The molecule has 0 aliphatic carbocycles. The Morgan fingerprint density at radius 1 is 1.20 bits per heavy atom. The summed E-state index contributed by atoms with van der Waals surface area (Å²) in [5, 5.41) is 5.93. The zero-order valence-electron chi connectivity index (χ0n) is 13.6. The van der Waals surface area contributed by atoms with Gasteiger partial charge in [0.2, 0.25) is 0 Å². The molecule has 6 heteroatoms. The van der Waals surface area contributed by atoms with Crippen molar-refractivity contribution in [3.8, 4) is 10.6 Å². The predicted octanol–water partition coefficient (Wildman–Crippen LogP) is 4.57. The molecule has 5 nitrogen and oxygen atoms in total. The van der Waals surface area contributed by atoms with Crippen molar-refractivity contribution in [2.45, 2.75) is 18.9 Å². The van der Waals surface area contributed by atoms with Crippen molar-refractivity contribution in [1.29, 1.82) is 0 Å². The van der Waals surface area contributed by atoms with E-state index in [4.69, 9.17) is 0 Å². The fourth-order valence-electron chi connectivity index (χ4n) is 3.23. The highest BCUT2D eigenvalue weighted by molar-refractivity contribution is 7.13. The number of likely N-dealkylation sites (tertiary alicyclic amines) is 1. The minimum Gasteiger partial charge on any atom is -0.317 e. The van der Waals surface area contributed by atoms with Crippen molar-refractivity contribution < 1.29 is 4.79 Å². The molecule has 1 atom stereocenters. The molecule has 126 valence electrons. The number of nitrogens with one attached hydrogen (secondary N) is 1. The van der Waals surface area contributed by atoms with Crippen LogP contribution >= 0.6 is 11.3 Å². The second-order valence-electron chi connectivity index (χ2n) is 5.98. The lowest BCUT2D eigenvalue weighted by molar-refractivity contribution is 0.207. The number of anilines is 1. The van der Waals surface area contributed by atoms with Gasteiger partial charge in [-0.2, -0.15) is 0 Å². The fraction of sp³-hybridized carbons (Fsp3) is 0.211. The van der Waals surface area contributed by atoms with E-state index >= 15 is 0 Å². The largest absolute Gasteiger partial charge is 0.322 e. The molecule has 1 saturated heterocycles. The van der Waals surface area contributed by atoms with E-state index in [1.165, 1.54) is 0 Å². The molecule has 1 aliphatic rings. The summed E-state index contributed by atoms with van der Waals surface area (Å²) in [4.78, 5) is 23.1. The number of thiazole rings is 1. The molecule has 3 heterocycles. The number of hydrogen-bond acceptors (Lipinski definition) is 4. The van der Waals surface area contributed by atoms with Gasteiger partial charge in [-0.05, 0) is 42.7 Å². The Hall–Kier alpha value is -2.73. The summed E-state index contributed by atoms with van der Waals surface area (Å²) in [6.07, 6.45) is 7.34. The van der Waals surface area contributed by atoms with Gasteiger partial charge in [0.1, 0.15) is 5.01 Å². The normalized spacial score (nSPS) is 16.8. The molecule has 2 aromatic heterocycles. The summed E-state index contributed by atoms with van der Waals surface area (Å²) in [5.74, 6) is 0. The van der Waals surface area contributed by atoms with Crippen LogP contribution in [0, 0.1) is 0 Å². The van der Waals surface area contributed by atoms with Crippen molar-refractivity contribution in [2.75, 3.05) is 11.9 Å². The minimum absolute atomic E-state index is 0.0596. The maximum atomic E-state index is 12.8. The van der Waals surface area contributed by atoms with Crippen molar-refractivity contribution in [2.24, 2.45) is 0 Å². The number of rotatable bonds is 3. The van der Waals surface area contributed by atoms with Crippen LogP contribution in [0.5, 0.6) is 0 Å². The topological polar surface area (TPSA) is 58.1 Å². The molecule has 4 rings (SSSR count). The zero-order chi connectivity index (χ0) is 17.1. The number of amides is 2. The molecule has 3 aromatic rings. The first-order valence-corrected chi connectivity index (χ1v) is 9.17.